The Kier molecular flexibility index (Phi) is 7.02. The monoisotopic (exact) mass is 384 g/mol. The van der Waals surface area contributed by atoms with Crippen molar-refractivity contribution in [3.63, 3.8) is 0 Å². The maximum absolute atomic E-state index is 12.1. The smallest absolute Gasteiger partial charge is 0.387 e. The Morgan fingerprint density at radius 2 is 1.92 bits per heavy atom. The number of thiazole rings is 1. The van der Waals surface area contributed by atoms with Crippen molar-refractivity contribution < 1.29 is 27.8 Å². The van der Waals surface area contributed by atoms with Crippen molar-refractivity contribution in [3.8, 4) is 5.75 Å². The maximum atomic E-state index is 12.1. The molecule has 0 fully saturated rings. The highest BCUT2D eigenvalue weighted by atomic mass is 32.1. The summed E-state index contributed by atoms with van der Waals surface area (Å²) in [5.74, 6) is -0.916. The van der Waals surface area contributed by atoms with Gasteiger partial charge in [0, 0.05) is 6.54 Å². The van der Waals surface area contributed by atoms with Crippen molar-refractivity contribution in [1.82, 2.24) is 10.3 Å². The maximum Gasteiger partial charge on any atom is 0.387 e. The van der Waals surface area contributed by atoms with Crippen LogP contribution in [0.4, 0.5) is 8.78 Å². The standard InChI is InChI=1S/C17H18F2N2O4S/c1-10-15(26-11(2)21-10)16(23)24-9-14(22)20-8-7-12-3-5-13(6-4-12)25-17(18)19/h3-6,17H,7-9H2,1-2H3,(H,20,22). The van der Waals surface area contributed by atoms with Crippen molar-refractivity contribution in [2.24, 2.45) is 0 Å². The summed E-state index contributed by atoms with van der Waals surface area (Å²) in [6.45, 7) is 0.575. The third-order valence-electron chi connectivity index (χ3n) is 3.31. The molecule has 0 bridgehead atoms. The zero-order chi connectivity index (χ0) is 19.1. The number of esters is 1. The summed E-state index contributed by atoms with van der Waals surface area (Å²) < 4.78 is 33.4. The molecule has 140 valence electrons. The number of nitrogens with zero attached hydrogens (tertiary/aromatic N) is 1. The minimum absolute atomic E-state index is 0.0771. The molecular formula is C17H18F2N2O4S. The van der Waals surface area contributed by atoms with Gasteiger partial charge in [-0.05, 0) is 38.0 Å². The predicted octanol–water partition coefficient (Wildman–Crippen LogP) is 2.88. The molecule has 1 heterocycles. The number of carbonyl (C=O) groups is 2. The molecular weight excluding hydrogens is 366 g/mol. The van der Waals surface area contributed by atoms with Gasteiger partial charge in [0.15, 0.2) is 6.61 Å². The number of nitrogens with one attached hydrogen (secondary N) is 1. The minimum Gasteiger partial charge on any atom is -0.451 e. The Balaban J connectivity index is 1.70. The quantitative estimate of drug-likeness (QED) is 0.708. The lowest BCUT2D eigenvalue weighted by atomic mass is 10.1. The first kappa shape index (κ1) is 19.8. The molecule has 2 rings (SSSR count). The summed E-state index contributed by atoms with van der Waals surface area (Å²) >= 11 is 1.22. The Morgan fingerprint density at radius 3 is 2.50 bits per heavy atom. The summed E-state index contributed by atoms with van der Waals surface area (Å²) in [5.41, 5.74) is 1.43. The van der Waals surface area contributed by atoms with Crippen LogP contribution in [0.3, 0.4) is 0 Å². The lowest BCUT2D eigenvalue weighted by molar-refractivity contribution is -0.124. The summed E-state index contributed by atoms with van der Waals surface area (Å²) in [6, 6.07) is 6.15. The van der Waals surface area contributed by atoms with Gasteiger partial charge in [0.25, 0.3) is 5.91 Å². The highest BCUT2D eigenvalue weighted by molar-refractivity contribution is 7.13. The largest absolute Gasteiger partial charge is 0.451 e. The van der Waals surface area contributed by atoms with Gasteiger partial charge in [0.1, 0.15) is 10.6 Å². The van der Waals surface area contributed by atoms with Crippen LogP contribution in [-0.4, -0.2) is 36.6 Å². The van der Waals surface area contributed by atoms with Gasteiger partial charge in [-0.25, -0.2) is 9.78 Å². The summed E-state index contributed by atoms with van der Waals surface area (Å²) in [7, 11) is 0. The fourth-order valence-corrected chi connectivity index (χ4v) is 2.97. The van der Waals surface area contributed by atoms with Crippen molar-refractivity contribution in [2.75, 3.05) is 13.2 Å². The number of rotatable bonds is 8. The summed E-state index contributed by atoms with van der Waals surface area (Å²) in [4.78, 5) is 28.1. The van der Waals surface area contributed by atoms with Crippen LogP contribution in [0.5, 0.6) is 5.75 Å². The second kappa shape index (κ2) is 9.23. The number of ether oxygens (including phenoxy) is 2. The zero-order valence-corrected chi connectivity index (χ0v) is 15.1. The molecule has 1 aromatic carbocycles. The molecule has 0 saturated heterocycles. The van der Waals surface area contributed by atoms with Crippen molar-refractivity contribution >= 4 is 23.2 Å². The fraction of sp³-hybridized carbons (Fsp3) is 0.353. The van der Waals surface area contributed by atoms with E-state index in [2.05, 4.69) is 15.0 Å². The van der Waals surface area contributed by atoms with Crippen LogP contribution in [-0.2, 0) is 16.0 Å². The van der Waals surface area contributed by atoms with Crippen LogP contribution in [0.15, 0.2) is 24.3 Å². The summed E-state index contributed by atoms with van der Waals surface area (Å²) in [6.07, 6.45) is 0.502. The molecule has 0 aliphatic carbocycles. The van der Waals surface area contributed by atoms with Crippen LogP contribution < -0.4 is 10.1 Å². The van der Waals surface area contributed by atoms with Crippen LogP contribution in [0.2, 0.25) is 0 Å². The molecule has 9 heteroatoms. The molecule has 1 N–H and O–H groups in total. The van der Waals surface area contributed by atoms with E-state index in [-0.39, 0.29) is 12.4 Å². The zero-order valence-electron chi connectivity index (χ0n) is 14.3. The number of benzene rings is 1. The lowest BCUT2D eigenvalue weighted by Gasteiger charge is -2.07. The van der Waals surface area contributed by atoms with Gasteiger partial charge in [-0.3, -0.25) is 4.79 Å². The fourth-order valence-electron chi connectivity index (χ4n) is 2.15. The number of amides is 1. The van der Waals surface area contributed by atoms with E-state index in [0.29, 0.717) is 23.5 Å². The van der Waals surface area contributed by atoms with Gasteiger partial charge < -0.3 is 14.8 Å². The Hall–Kier alpha value is -2.55. The number of carbonyl (C=O) groups excluding carboxylic acids is 2. The van der Waals surface area contributed by atoms with E-state index in [1.165, 1.54) is 23.5 Å². The normalized spacial score (nSPS) is 10.7. The Morgan fingerprint density at radius 1 is 1.23 bits per heavy atom. The van der Waals surface area contributed by atoms with E-state index in [1.807, 2.05) is 0 Å². The topological polar surface area (TPSA) is 77.5 Å². The van der Waals surface area contributed by atoms with Gasteiger partial charge in [-0.1, -0.05) is 12.1 Å². The number of aromatic nitrogens is 1. The SMILES string of the molecule is Cc1nc(C)c(C(=O)OCC(=O)NCCc2ccc(OC(F)F)cc2)s1. The first-order chi connectivity index (χ1) is 12.3. The van der Waals surface area contributed by atoms with Gasteiger partial charge >= 0.3 is 12.6 Å². The van der Waals surface area contributed by atoms with E-state index in [0.717, 1.165) is 10.6 Å². The molecule has 0 saturated carbocycles. The van der Waals surface area contributed by atoms with Crippen molar-refractivity contribution in [3.05, 3.63) is 45.4 Å². The van der Waals surface area contributed by atoms with Crippen LogP contribution in [0.1, 0.15) is 25.9 Å². The number of hydrogen-bond donors (Lipinski definition) is 1. The molecule has 2 aromatic rings. The number of alkyl halides is 2. The molecule has 26 heavy (non-hydrogen) atoms. The summed E-state index contributed by atoms with van der Waals surface area (Å²) in [5, 5.41) is 3.38. The molecule has 1 amide bonds. The number of aryl methyl sites for hydroxylation is 2. The van der Waals surface area contributed by atoms with Gasteiger partial charge in [0.2, 0.25) is 0 Å². The van der Waals surface area contributed by atoms with Crippen LogP contribution in [0.25, 0.3) is 0 Å². The third-order valence-corrected chi connectivity index (χ3v) is 4.36. The molecule has 0 atom stereocenters. The lowest BCUT2D eigenvalue weighted by Crippen LogP contribution is -2.30. The van der Waals surface area contributed by atoms with Crippen molar-refractivity contribution in [1.29, 1.82) is 0 Å². The second-order valence-electron chi connectivity index (χ2n) is 5.35. The Bertz CT molecular complexity index is 763. The highest BCUT2D eigenvalue weighted by Crippen LogP contribution is 2.18. The first-order valence-corrected chi connectivity index (χ1v) is 8.58. The van der Waals surface area contributed by atoms with Crippen molar-refractivity contribution in [2.45, 2.75) is 26.9 Å². The average Bonchev–Trinajstić information content (AvgIpc) is 2.92. The molecule has 0 unspecified atom stereocenters. The molecule has 0 radical (unpaired) electrons. The molecule has 0 aliphatic heterocycles. The predicted molar refractivity (Wildman–Crippen MR) is 91.7 cm³/mol. The molecule has 0 aliphatic rings. The van der Waals surface area contributed by atoms with E-state index in [4.69, 9.17) is 4.74 Å². The third kappa shape index (κ3) is 6.07. The number of hydrogen-bond acceptors (Lipinski definition) is 6. The molecule has 6 nitrogen and oxygen atoms in total. The van der Waals surface area contributed by atoms with Gasteiger partial charge in [-0.15, -0.1) is 11.3 Å². The van der Waals surface area contributed by atoms with E-state index in [9.17, 15) is 18.4 Å². The van der Waals surface area contributed by atoms with Gasteiger partial charge in [0.05, 0.1) is 10.7 Å². The highest BCUT2D eigenvalue weighted by Gasteiger charge is 2.16. The van der Waals surface area contributed by atoms with Crippen LogP contribution in [0, 0.1) is 13.8 Å². The minimum atomic E-state index is -2.86. The average molecular weight is 384 g/mol. The second-order valence-corrected chi connectivity index (χ2v) is 6.55. The van der Waals surface area contributed by atoms with E-state index >= 15 is 0 Å². The van der Waals surface area contributed by atoms with Gasteiger partial charge in [-0.2, -0.15) is 8.78 Å². The molecule has 1 aromatic heterocycles. The first-order valence-electron chi connectivity index (χ1n) is 7.76. The Labute approximate surface area is 153 Å². The molecule has 0 spiro atoms. The van der Waals surface area contributed by atoms with E-state index < -0.39 is 18.5 Å². The number of halogens is 2. The van der Waals surface area contributed by atoms with Crippen LogP contribution >= 0.6 is 11.3 Å². The van der Waals surface area contributed by atoms with E-state index in [1.54, 1.807) is 26.0 Å².